The van der Waals surface area contributed by atoms with E-state index in [1.54, 1.807) is 0 Å². The van der Waals surface area contributed by atoms with Gasteiger partial charge in [-0.15, -0.1) is 13.2 Å². The smallest absolute Gasteiger partial charge is 0.406 e. The Kier molecular flexibility index (Phi) is 3.33. The first-order valence-corrected chi connectivity index (χ1v) is 5.26. The van der Waals surface area contributed by atoms with Crippen molar-refractivity contribution in [2.45, 2.75) is 6.36 Å². The lowest BCUT2D eigenvalue weighted by molar-refractivity contribution is -0.274. The van der Waals surface area contributed by atoms with E-state index in [0.29, 0.717) is 5.56 Å². The summed E-state index contributed by atoms with van der Waals surface area (Å²) in [5, 5.41) is 0. The second-order valence-corrected chi connectivity index (χ2v) is 3.81. The lowest BCUT2D eigenvalue weighted by Gasteiger charge is -2.09. The van der Waals surface area contributed by atoms with Crippen molar-refractivity contribution in [3.63, 3.8) is 0 Å². The Balaban J connectivity index is 2.27. The number of hydrogen-bond acceptors (Lipinski definition) is 2. The molecule has 0 heterocycles. The van der Waals surface area contributed by atoms with Gasteiger partial charge < -0.3 is 10.5 Å². The van der Waals surface area contributed by atoms with Crippen LogP contribution in [0.2, 0.25) is 0 Å². The zero-order chi connectivity index (χ0) is 14.0. The molecule has 0 aromatic heterocycles. The van der Waals surface area contributed by atoms with Crippen LogP contribution in [-0.2, 0) is 0 Å². The number of halogens is 4. The van der Waals surface area contributed by atoms with Crippen LogP contribution < -0.4 is 10.5 Å². The lowest BCUT2D eigenvalue weighted by atomic mass is 10.0. The fraction of sp³-hybridized carbons (Fsp3) is 0.0769. The number of hydrogen-bond donors (Lipinski definition) is 1. The molecule has 2 rings (SSSR count). The molecule has 0 unspecified atom stereocenters. The Morgan fingerprint density at radius 3 is 2.11 bits per heavy atom. The molecule has 0 aliphatic heterocycles. The van der Waals surface area contributed by atoms with Crippen LogP contribution in [0.25, 0.3) is 11.1 Å². The Morgan fingerprint density at radius 2 is 1.58 bits per heavy atom. The zero-order valence-corrected chi connectivity index (χ0v) is 9.54. The Labute approximate surface area is 106 Å². The number of benzene rings is 2. The van der Waals surface area contributed by atoms with Crippen LogP contribution >= 0.6 is 0 Å². The Hall–Kier alpha value is -2.24. The van der Waals surface area contributed by atoms with Gasteiger partial charge in [-0.25, -0.2) is 4.39 Å². The molecule has 0 bridgehead atoms. The molecule has 6 heteroatoms. The quantitative estimate of drug-likeness (QED) is 0.662. The highest BCUT2D eigenvalue weighted by Gasteiger charge is 2.30. The monoisotopic (exact) mass is 271 g/mol. The van der Waals surface area contributed by atoms with E-state index in [-0.39, 0.29) is 17.0 Å². The molecule has 100 valence electrons. The maximum absolute atomic E-state index is 13.6. The van der Waals surface area contributed by atoms with Gasteiger partial charge in [0.2, 0.25) is 0 Å². The van der Waals surface area contributed by atoms with Crippen LogP contribution in [-0.4, -0.2) is 6.36 Å². The minimum Gasteiger partial charge on any atom is -0.406 e. The second-order valence-electron chi connectivity index (χ2n) is 3.81. The summed E-state index contributed by atoms with van der Waals surface area (Å²) < 4.78 is 53.3. The van der Waals surface area contributed by atoms with Crippen LogP contribution in [0.15, 0.2) is 42.5 Å². The van der Waals surface area contributed by atoms with E-state index < -0.39 is 12.2 Å². The van der Waals surface area contributed by atoms with Crippen LogP contribution in [0.3, 0.4) is 0 Å². The summed E-state index contributed by atoms with van der Waals surface area (Å²) in [6.07, 6.45) is -4.74. The molecule has 2 nitrogen and oxygen atoms in total. The van der Waals surface area contributed by atoms with Crippen LogP contribution in [0.4, 0.5) is 23.2 Å². The van der Waals surface area contributed by atoms with Crippen molar-refractivity contribution < 1.29 is 22.3 Å². The molecule has 0 amide bonds. The van der Waals surface area contributed by atoms with E-state index in [1.165, 1.54) is 24.3 Å². The highest BCUT2D eigenvalue weighted by molar-refractivity contribution is 5.66. The molecule has 0 saturated carbocycles. The minimum atomic E-state index is -4.74. The van der Waals surface area contributed by atoms with Crippen molar-refractivity contribution in [3.8, 4) is 16.9 Å². The Bertz CT molecular complexity index is 578. The molecule has 0 aliphatic carbocycles. The first-order valence-electron chi connectivity index (χ1n) is 5.26. The van der Waals surface area contributed by atoms with Crippen molar-refractivity contribution in [2.24, 2.45) is 0 Å². The number of anilines is 1. The van der Waals surface area contributed by atoms with E-state index in [1.807, 2.05) is 0 Å². The van der Waals surface area contributed by atoms with E-state index in [2.05, 4.69) is 4.74 Å². The summed E-state index contributed by atoms with van der Waals surface area (Å²) in [7, 11) is 0. The average molecular weight is 271 g/mol. The zero-order valence-electron chi connectivity index (χ0n) is 9.54. The average Bonchev–Trinajstić information content (AvgIpc) is 2.28. The summed E-state index contributed by atoms with van der Waals surface area (Å²) >= 11 is 0. The fourth-order valence-electron chi connectivity index (χ4n) is 1.60. The number of alkyl halides is 3. The van der Waals surface area contributed by atoms with E-state index in [4.69, 9.17) is 5.73 Å². The van der Waals surface area contributed by atoms with E-state index in [9.17, 15) is 17.6 Å². The van der Waals surface area contributed by atoms with Gasteiger partial charge in [0.05, 0.1) is 0 Å². The third kappa shape index (κ3) is 3.37. The second kappa shape index (κ2) is 4.79. The summed E-state index contributed by atoms with van der Waals surface area (Å²) in [4.78, 5) is 0. The van der Waals surface area contributed by atoms with Crippen LogP contribution in [0.1, 0.15) is 0 Å². The first-order chi connectivity index (χ1) is 8.85. The van der Waals surface area contributed by atoms with Gasteiger partial charge in [-0.05, 0) is 35.9 Å². The molecule has 0 fully saturated rings. The van der Waals surface area contributed by atoms with Gasteiger partial charge in [-0.2, -0.15) is 0 Å². The third-order valence-corrected chi connectivity index (χ3v) is 2.39. The molecule has 19 heavy (non-hydrogen) atoms. The summed E-state index contributed by atoms with van der Waals surface area (Å²) in [5.74, 6) is -0.892. The number of rotatable bonds is 2. The standard InChI is InChI=1S/C13H9F4NO/c14-12-7-9(18)3-6-11(12)8-1-4-10(5-2-8)19-13(15,16)17/h1-7H,18H2. The van der Waals surface area contributed by atoms with Crippen molar-refractivity contribution >= 4 is 5.69 Å². The third-order valence-electron chi connectivity index (χ3n) is 2.39. The molecular formula is C13H9F4NO. The summed E-state index contributed by atoms with van der Waals surface area (Å²) in [6.45, 7) is 0. The summed E-state index contributed by atoms with van der Waals surface area (Å²) in [5.41, 5.74) is 6.38. The van der Waals surface area contributed by atoms with Gasteiger partial charge in [0, 0.05) is 11.3 Å². The Morgan fingerprint density at radius 1 is 0.947 bits per heavy atom. The SMILES string of the molecule is Nc1ccc(-c2ccc(OC(F)(F)F)cc2)c(F)c1. The van der Waals surface area contributed by atoms with Gasteiger partial charge in [0.15, 0.2) is 0 Å². The van der Waals surface area contributed by atoms with Gasteiger partial charge >= 0.3 is 6.36 Å². The molecule has 0 atom stereocenters. The van der Waals surface area contributed by atoms with Gasteiger partial charge in [-0.1, -0.05) is 12.1 Å². The lowest BCUT2D eigenvalue weighted by Crippen LogP contribution is -2.16. The van der Waals surface area contributed by atoms with Gasteiger partial charge in [0.1, 0.15) is 11.6 Å². The molecule has 0 saturated heterocycles. The molecule has 0 radical (unpaired) electrons. The maximum Gasteiger partial charge on any atom is 0.573 e. The molecular weight excluding hydrogens is 262 g/mol. The van der Waals surface area contributed by atoms with E-state index >= 15 is 0 Å². The van der Waals surface area contributed by atoms with Gasteiger partial charge in [0.25, 0.3) is 0 Å². The first kappa shape index (κ1) is 13.2. The van der Waals surface area contributed by atoms with Crippen LogP contribution in [0.5, 0.6) is 5.75 Å². The predicted molar refractivity (Wildman–Crippen MR) is 62.9 cm³/mol. The molecule has 0 aliphatic rings. The fourth-order valence-corrected chi connectivity index (χ4v) is 1.60. The minimum absolute atomic E-state index is 0.257. The molecule has 2 aromatic rings. The molecule has 0 spiro atoms. The van der Waals surface area contributed by atoms with Crippen molar-refractivity contribution in [1.29, 1.82) is 0 Å². The normalized spacial score (nSPS) is 11.4. The maximum atomic E-state index is 13.6. The highest BCUT2D eigenvalue weighted by atomic mass is 19.4. The van der Waals surface area contributed by atoms with Crippen molar-refractivity contribution in [3.05, 3.63) is 48.3 Å². The molecule has 2 aromatic carbocycles. The van der Waals surface area contributed by atoms with Crippen LogP contribution in [0, 0.1) is 5.82 Å². The number of nitrogen functional groups attached to an aromatic ring is 1. The van der Waals surface area contributed by atoms with Crippen molar-refractivity contribution in [2.75, 3.05) is 5.73 Å². The number of ether oxygens (including phenoxy) is 1. The van der Waals surface area contributed by atoms with E-state index in [0.717, 1.165) is 18.2 Å². The van der Waals surface area contributed by atoms with Gasteiger partial charge in [-0.3, -0.25) is 0 Å². The summed E-state index contributed by atoms with van der Waals surface area (Å²) in [6, 6.07) is 9.06. The largest absolute Gasteiger partial charge is 0.573 e. The molecule has 2 N–H and O–H groups in total. The number of nitrogens with two attached hydrogens (primary N) is 1. The predicted octanol–water partition coefficient (Wildman–Crippen LogP) is 3.97. The topological polar surface area (TPSA) is 35.2 Å². The highest BCUT2D eigenvalue weighted by Crippen LogP contribution is 2.28. The van der Waals surface area contributed by atoms with Crippen molar-refractivity contribution in [1.82, 2.24) is 0 Å².